The highest BCUT2D eigenvalue weighted by Crippen LogP contribution is 1.89. The van der Waals surface area contributed by atoms with E-state index in [-0.39, 0.29) is 6.33 Å². The van der Waals surface area contributed by atoms with Crippen molar-refractivity contribution in [1.82, 2.24) is 0 Å². The topological polar surface area (TPSA) is 0 Å². The van der Waals surface area contributed by atoms with E-state index in [9.17, 15) is 8.78 Å². The second-order valence-electron chi connectivity index (χ2n) is 0.696. The van der Waals surface area contributed by atoms with Gasteiger partial charge in [0.2, 0.25) is 0 Å². The summed E-state index contributed by atoms with van der Waals surface area (Å²) in [5, 5.41) is 0. The third-order valence-corrected chi connectivity index (χ3v) is 0.150. The van der Waals surface area contributed by atoms with E-state index >= 15 is 0 Å². The Hall–Kier alpha value is -0.400. The second-order valence-corrected chi connectivity index (χ2v) is 0.696. The minimum absolute atomic E-state index is 0.0833. The van der Waals surface area contributed by atoms with Crippen molar-refractivity contribution in [3.63, 3.8) is 0 Å². The fourth-order valence-electron chi connectivity index (χ4n) is 0. The first-order valence-electron chi connectivity index (χ1n) is 1.20. The molecule has 5 heavy (non-hydrogen) atoms. The highest BCUT2D eigenvalue weighted by Gasteiger charge is 1.70. The zero-order valence-electron chi connectivity index (χ0n) is 2.83. The SMILES string of the molecule is CC(F)=CF. The van der Waals surface area contributed by atoms with Gasteiger partial charge in [-0.05, 0) is 6.92 Å². The molecule has 0 aromatic heterocycles. The predicted molar refractivity (Wildman–Crippen MR) is 16.0 cm³/mol. The van der Waals surface area contributed by atoms with Crippen molar-refractivity contribution in [2.24, 2.45) is 0 Å². The zero-order valence-corrected chi connectivity index (χ0v) is 2.83. The van der Waals surface area contributed by atoms with E-state index in [0.29, 0.717) is 0 Å². The lowest BCUT2D eigenvalue weighted by atomic mass is 10.7. The van der Waals surface area contributed by atoms with Crippen molar-refractivity contribution in [2.75, 3.05) is 0 Å². The minimum Gasteiger partial charge on any atom is -0.213 e. The molecular formula is C3H4F2. The smallest absolute Gasteiger partial charge is 0.125 e. The van der Waals surface area contributed by atoms with Gasteiger partial charge in [-0.3, -0.25) is 0 Å². The van der Waals surface area contributed by atoms with Crippen LogP contribution in [0.25, 0.3) is 0 Å². The van der Waals surface area contributed by atoms with Crippen LogP contribution in [0.2, 0.25) is 0 Å². The summed E-state index contributed by atoms with van der Waals surface area (Å²) in [6.45, 7) is 1.04. The Morgan fingerprint density at radius 1 is 1.80 bits per heavy atom. The van der Waals surface area contributed by atoms with Crippen LogP contribution >= 0.6 is 0 Å². The number of allylic oxidation sites excluding steroid dienone is 1. The largest absolute Gasteiger partial charge is 0.213 e. The number of rotatable bonds is 0. The molecule has 0 saturated carbocycles. The first-order valence-corrected chi connectivity index (χ1v) is 1.20. The Morgan fingerprint density at radius 3 is 2.00 bits per heavy atom. The Bertz CT molecular complexity index is 42.9. The molecule has 0 aliphatic carbocycles. The van der Waals surface area contributed by atoms with Crippen LogP contribution in [0.15, 0.2) is 12.2 Å². The summed E-state index contributed by atoms with van der Waals surface area (Å²) in [7, 11) is 0. The first-order chi connectivity index (χ1) is 2.27. The van der Waals surface area contributed by atoms with Crippen LogP contribution in [-0.2, 0) is 0 Å². The molecule has 0 N–H and O–H groups in total. The van der Waals surface area contributed by atoms with Gasteiger partial charge in [0.1, 0.15) is 12.2 Å². The zero-order chi connectivity index (χ0) is 4.28. The molecule has 0 aliphatic rings. The molecule has 0 unspecified atom stereocenters. The van der Waals surface area contributed by atoms with E-state index in [4.69, 9.17) is 0 Å². The van der Waals surface area contributed by atoms with Crippen molar-refractivity contribution >= 4 is 0 Å². The molecule has 0 rings (SSSR count). The highest BCUT2D eigenvalue weighted by molar-refractivity contribution is 4.75. The van der Waals surface area contributed by atoms with Gasteiger partial charge in [0.25, 0.3) is 0 Å². The average molecular weight is 78.1 g/mol. The van der Waals surface area contributed by atoms with Crippen molar-refractivity contribution in [1.29, 1.82) is 0 Å². The monoisotopic (exact) mass is 78.0 g/mol. The Morgan fingerprint density at radius 2 is 2.00 bits per heavy atom. The normalized spacial score (nSPS) is 12.2. The summed E-state index contributed by atoms with van der Waals surface area (Å²) >= 11 is 0. The molecule has 0 atom stereocenters. The van der Waals surface area contributed by atoms with Crippen LogP contribution in [0.3, 0.4) is 0 Å². The predicted octanol–water partition coefficient (Wildman–Crippen LogP) is 1.79. The van der Waals surface area contributed by atoms with Crippen LogP contribution in [0, 0.1) is 0 Å². The molecule has 0 nitrogen and oxygen atoms in total. The van der Waals surface area contributed by atoms with Crippen LogP contribution in [0.5, 0.6) is 0 Å². The third kappa shape index (κ3) is 3.60. The maximum atomic E-state index is 10.9. The van der Waals surface area contributed by atoms with Crippen LogP contribution in [0.4, 0.5) is 8.78 Å². The van der Waals surface area contributed by atoms with Crippen molar-refractivity contribution in [3.8, 4) is 0 Å². The molecule has 0 aromatic carbocycles. The lowest BCUT2D eigenvalue weighted by molar-refractivity contribution is 0.586. The van der Waals surface area contributed by atoms with Crippen LogP contribution in [-0.4, -0.2) is 0 Å². The van der Waals surface area contributed by atoms with Gasteiger partial charge in [-0.2, -0.15) is 0 Å². The van der Waals surface area contributed by atoms with Gasteiger partial charge >= 0.3 is 0 Å². The van der Waals surface area contributed by atoms with Crippen molar-refractivity contribution < 1.29 is 8.78 Å². The molecule has 0 heterocycles. The molecule has 0 fully saturated rings. The molecule has 2 heteroatoms. The van der Waals surface area contributed by atoms with Gasteiger partial charge in [0.15, 0.2) is 0 Å². The fourth-order valence-corrected chi connectivity index (χ4v) is 0. The third-order valence-electron chi connectivity index (χ3n) is 0.150. The van der Waals surface area contributed by atoms with Crippen molar-refractivity contribution in [3.05, 3.63) is 12.2 Å². The molecule has 30 valence electrons. The van der Waals surface area contributed by atoms with E-state index in [2.05, 4.69) is 0 Å². The van der Waals surface area contributed by atoms with E-state index < -0.39 is 5.83 Å². The molecular weight excluding hydrogens is 74.0 g/mol. The standard InChI is InChI=1S/C3H4F2/c1-3(5)2-4/h2H,1H3. The van der Waals surface area contributed by atoms with E-state index in [1.165, 1.54) is 0 Å². The summed E-state index contributed by atoms with van der Waals surface area (Å²) in [4.78, 5) is 0. The van der Waals surface area contributed by atoms with Gasteiger partial charge in [-0.15, -0.1) is 0 Å². The Balaban J connectivity index is 3.14. The maximum Gasteiger partial charge on any atom is 0.125 e. The lowest BCUT2D eigenvalue weighted by Crippen LogP contribution is -1.46. The van der Waals surface area contributed by atoms with E-state index in [1.54, 1.807) is 0 Å². The summed E-state index contributed by atoms with van der Waals surface area (Å²) in [6.07, 6.45) is -0.0833. The number of hydrogen-bond acceptors (Lipinski definition) is 0. The highest BCUT2D eigenvalue weighted by atomic mass is 19.2. The molecule has 0 amide bonds. The molecule has 0 radical (unpaired) electrons. The minimum atomic E-state index is -0.787. The molecule has 0 saturated heterocycles. The first kappa shape index (κ1) is 4.60. The average Bonchev–Trinajstić information content (AvgIpc) is 1.38. The number of halogens is 2. The van der Waals surface area contributed by atoms with Gasteiger partial charge in [-0.1, -0.05) is 0 Å². The van der Waals surface area contributed by atoms with Gasteiger partial charge in [0.05, 0.1) is 0 Å². The van der Waals surface area contributed by atoms with Crippen LogP contribution in [0.1, 0.15) is 6.92 Å². The van der Waals surface area contributed by atoms with Gasteiger partial charge in [0, 0.05) is 0 Å². The van der Waals surface area contributed by atoms with Crippen molar-refractivity contribution in [2.45, 2.75) is 6.92 Å². The van der Waals surface area contributed by atoms with Gasteiger partial charge in [-0.25, -0.2) is 8.78 Å². The Kier molecular flexibility index (Phi) is 1.73. The molecule has 0 spiro atoms. The van der Waals surface area contributed by atoms with Crippen LogP contribution < -0.4 is 0 Å². The maximum absolute atomic E-state index is 10.9. The molecule has 0 bridgehead atoms. The lowest BCUT2D eigenvalue weighted by Gasteiger charge is -1.65. The Labute approximate surface area is 29.1 Å². The number of hydrogen-bond donors (Lipinski definition) is 0. The van der Waals surface area contributed by atoms with Gasteiger partial charge < -0.3 is 0 Å². The molecule has 0 aromatic rings. The quantitative estimate of drug-likeness (QED) is 0.414. The summed E-state index contributed by atoms with van der Waals surface area (Å²) in [5.74, 6) is -0.787. The fraction of sp³-hybridized carbons (Fsp3) is 0.333. The van der Waals surface area contributed by atoms with E-state index in [1.807, 2.05) is 0 Å². The summed E-state index contributed by atoms with van der Waals surface area (Å²) < 4.78 is 21.5. The van der Waals surface area contributed by atoms with E-state index in [0.717, 1.165) is 6.92 Å². The summed E-state index contributed by atoms with van der Waals surface area (Å²) in [6, 6.07) is 0. The second kappa shape index (κ2) is 1.88. The molecule has 0 aliphatic heterocycles. The summed E-state index contributed by atoms with van der Waals surface area (Å²) in [5.41, 5.74) is 0.